The smallest absolute Gasteiger partial charge is 0.196 e. The molecule has 3 N–H and O–H groups in total. The Morgan fingerprint density at radius 2 is 1.65 bits per heavy atom. The van der Waals surface area contributed by atoms with Gasteiger partial charge in [-0.05, 0) is 72.0 Å². The molecule has 6 aromatic rings. The molecule has 0 fully saturated rings. The summed E-state index contributed by atoms with van der Waals surface area (Å²) in [6.45, 7) is 0.787. The highest BCUT2D eigenvalue weighted by Gasteiger charge is 2.28. The molecule has 46 heavy (non-hydrogen) atoms. The predicted molar refractivity (Wildman–Crippen MR) is 184 cm³/mol. The summed E-state index contributed by atoms with van der Waals surface area (Å²) < 4.78 is 8.97. The van der Waals surface area contributed by atoms with Crippen LogP contribution in [0.15, 0.2) is 156 Å². The summed E-state index contributed by atoms with van der Waals surface area (Å²) in [5, 5.41) is 12.7. The standard InChI is InChI=1S/C39H30N6O/c1-2-7-27(8-3-1)39-44-31-13-14-35-36(37(31)46-39)30-11-4-5-12-34(30)45(35)29-10-6-9-28(23-29)33-24-32(25-15-19-40-20-16-25)42-38(43-33)26-17-21-41-22-18-26/h1-19,21-24,33,39-40,44H,20H2,(H,42,43). The van der Waals surface area contributed by atoms with E-state index in [2.05, 4.69) is 117 Å². The second kappa shape index (κ2) is 10.8. The third-order valence-electron chi connectivity index (χ3n) is 8.82. The van der Waals surface area contributed by atoms with Crippen molar-refractivity contribution in [2.75, 3.05) is 11.9 Å². The molecule has 0 saturated carbocycles. The van der Waals surface area contributed by atoms with Crippen LogP contribution in [0.4, 0.5) is 5.69 Å². The molecule has 5 heterocycles. The molecule has 0 bridgehead atoms. The van der Waals surface area contributed by atoms with E-state index in [-0.39, 0.29) is 12.3 Å². The van der Waals surface area contributed by atoms with Gasteiger partial charge in [0.25, 0.3) is 0 Å². The second-order valence-corrected chi connectivity index (χ2v) is 11.6. The van der Waals surface area contributed by atoms with Crippen LogP contribution >= 0.6 is 0 Å². The Balaban J connectivity index is 1.17. The molecular weight excluding hydrogens is 568 g/mol. The Kier molecular flexibility index (Phi) is 6.19. The number of fused-ring (bicyclic) bond motifs is 5. The summed E-state index contributed by atoms with van der Waals surface area (Å²) in [4.78, 5) is 9.41. The largest absolute Gasteiger partial charge is 0.464 e. The molecule has 0 amide bonds. The predicted octanol–water partition coefficient (Wildman–Crippen LogP) is 7.70. The van der Waals surface area contributed by atoms with Gasteiger partial charge in [0.05, 0.1) is 28.1 Å². The highest BCUT2D eigenvalue weighted by atomic mass is 16.5. The third kappa shape index (κ3) is 4.44. The van der Waals surface area contributed by atoms with Crippen LogP contribution in [-0.2, 0) is 0 Å². The average Bonchev–Trinajstić information content (AvgIpc) is 3.72. The van der Waals surface area contributed by atoms with Gasteiger partial charge >= 0.3 is 0 Å². The Morgan fingerprint density at radius 1 is 0.804 bits per heavy atom. The van der Waals surface area contributed by atoms with E-state index in [1.807, 2.05) is 36.5 Å². The lowest BCUT2D eigenvalue weighted by molar-refractivity contribution is 0.263. The topological polar surface area (TPSA) is 75.5 Å². The maximum Gasteiger partial charge on any atom is 0.196 e. The Hall–Kier alpha value is -6.08. The van der Waals surface area contributed by atoms with Crippen LogP contribution in [0.5, 0.6) is 5.75 Å². The van der Waals surface area contributed by atoms with Gasteiger partial charge in [0.2, 0.25) is 0 Å². The van der Waals surface area contributed by atoms with Crippen molar-refractivity contribution in [1.29, 1.82) is 0 Å². The molecule has 2 unspecified atom stereocenters. The van der Waals surface area contributed by atoms with E-state index in [4.69, 9.17) is 9.73 Å². The normalized spacial score (nSPS) is 18.5. The molecule has 4 aromatic carbocycles. The average molecular weight is 599 g/mol. The van der Waals surface area contributed by atoms with Gasteiger partial charge in [0, 0.05) is 46.8 Å². The Bertz CT molecular complexity index is 2250. The molecule has 3 aliphatic rings. The zero-order valence-corrected chi connectivity index (χ0v) is 24.9. The van der Waals surface area contributed by atoms with Crippen molar-refractivity contribution in [3.8, 4) is 11.4 Å². The first-order chi connectivity index (χ1) is 22.8. The number of hydrogen-bond donors (Lipinski definition) is 3. The number of benzene rings is 4. The van der Waals surface area contributed by atoms with Crippen LogP contribution in [0.2, 0.25) is 0 Å². The van der Waals surface area contributed by atoms with Gasteiger partial charge in [-0.15, -0.1) is 0 Å². The molecule has 222 valence electrons. The maximum atomic E-state index is 6.63. The molecule has 2 atom stereocenters. The Morgan fingerprint density at radius 3 is 2.52 bits per heavy atom. The van der Waals surface area contributed by atoms with Gasteiger partial charge < -0.3 is 25.3 Å². The van der Waals surface area contributed by atoms with Crippen LogP contribution in [0.25, 0.3) is 27.5 Å². The number of nitrogens with zero attached hydrogens (tertiary/aromatic N) is 3. The highest BCUT2D eigenvalue weighted by molar-refractivity contribution is 6.14. The second-order valence-electron chi connectivity index (χ2n) is 11.6. The van der Waals surface area contributed by atoms with Crippen molar-refractivity contribution in [2.24, 2.45) is 4.99 Å². The van der Waals surface area contributed by atoms with Crippen LogP contribution in [0.3, 0.4) is 0 Å². The summed E-state index contributed by atoms with van der Waals surface area (Å²) in [5.41, 5.74) is 9.69. The van der Waals surface area contributed by atoms with Crippen LogP contribution < -0.4 is 20.7 Å². The number of pyridine rings is 1. The molecule has 9 rings (SSSR count). The van der Waals surface area contributed by atoms with E-state index < -0.39 is 0 Å². The first-order valence-electron chi connectivity index (χ1n) is 15.5. The van der Waals surface area contributed by atoms with Gasteiger partial charge in [0.1, 0.15) is 5.84 Å². The molecule has 0 saturated heterocycles. The van der Waals surface area contributed by atoms with E-state index in [1.165, 1.54) is 0 Å². The van der Waals surface area contributed by atoms with Gasteiger partial charge in [-0.2, -0.15) is 0 Å². The fourth-order valence-electron chi connectivity index (χ4n) is 6.64. The maximum absolute atomic E-state index is 6.63. The molecular formula is C39H30N6O. The van der Waals surface area contributed by atoms with Crippen molar-refractivity contribution in [1.82, 2.24) is 20.2 Å². The van der Waals surface area contributed by atoms with Crippen LogP contribution in [0, 0.1) is 0 Å². The van der Waals surface area contributed by atoms with Gasteiger partial charge in [-0.25, -0.2) is 0 Å². The van der Waals surface area contributed by atoms with Crippen LogP contribution in [-0.4, -0.2) is 21.9 Å². The number of nitrogens with one attached hydrogen (secondary N) is 3. The van der Waals surface area contributed by atoms with Crippen molar-refractivity contribution < 1.29 is 4.74 Å². The first kappa shape index (κ1) is 26.3. The van der Waals surface area contributed by atoms with E-state index in [0.29, 0.717) is 0 Å². The molecule has 2 aromatic heterocycles. The minimum atomic E-state index is -0.231. The van der Waals surface area contributed by atoms with Crippen LogP contribution in [0.1, 0.15) is 29.0 Å². The molecule has 0 aliphatic carbocycles. The minimum Gasteiger partial charge on any atom is -0.464 e. The number of anilines is 1. The number of ether oxygens (including phenoxy) is 1. The molecule has 7 nitrogen and oxygen atoms in total. The zero-order chi connectivity index (χ0) is 30.5. The van der Waals surface area contributed by atoms with Crippen molar-refractivity contribution >= 4 is 33.3 Å². The number of amidine groups is 1. The SMILES string of the molecule is C1=CC(C2=CC(c3cccc(-n4c5ccccc5c5c6c(ccc54)NC(c4ccccc4)O6)c3)N=C(c3ccncc3)N2)=CCN1. The molecule has 0 radical (unpaired) electrons. The van der Waals surface area contributed by atoms with Gasteiger partial charge in [-0.3, -0.25) is 9.98 Å². The summed E-state index contributed by atoms with van der Waals surface area (Å²) in [5.74, 6) is 1.71. The number of aromatic nitrogens is 2. The van der Waals surface area contributed by atoms with E-state index in [1.54, 1.807) is 12.4 Å². The van der Waals surface area contributed by atoms with E-state index >= 15 is 0 Å². The van der Waals surface area contributed by atoms with E-state index in [0.717, 1.165) is 79.3 Å². The fraction of sp³-hybridized carbons (Fsp3) is 0.0769. The quantitative estimate of drug-likeness (QED) is 0.190. The summed E-state index contributed by atoms with van der Waals surface area (Å²) in [6.07, 6.45) is 11.9. The van der Waals surface area contributed by atoms with Gasteiger partial charge in [0.15, 0.2) is 12.0 Å². The number of aliphatic imine (C=N–C) groups is 1. The number of dihydropyridines is 1. The molecule has 3 aliphatic heterocycles. The number of rotatable bonds is 5. The van der Waals surface area contributed by atoms with Gasteiger partial charge in [-0.1, -0.05) is 66.7 Å². The monoisotopic (exact) mass is 598 g/mol. The number of hydrogen-bond acceptors (Lipinski definition) is 6. The first-order valence-corrected chi connectivity index (χ1v) is 15.5. The lowest BCUT2D eigenvalue weighted by atomic mass is 9.99. The molecule has 7 heteroatoms. The summed E-state index contributed by atoms with van der Waals surface area (Å²) in [7, 11) is 0. The minimum absolute atomic E-state index is 0.181. The van der Waals surface area contributed by atoms with Crippen molar-refractivity contribution in [3.63, 3.8) is 0 Å². The fourth-order valence-corrected chi connectivity index (χ4v) is 6.64. The van der Waals surface area contributed by atoms with Crippen molar-refractivity contribution in [2.45, 2.75) is 12.3 Å². The Labute approximate surface area is 266 Å². The molecule has 0 spiro atoms. The highest BCUT2D eigenvalue weighted by Crippen LogP contribution is 2.47. The lowest BCUT2D eigenvalue weighted by Gasteiger charge is -2.25. The number of para-hydroxylation sites is 1. The number of allylic oxidation sites excluding steroid dienone is 1. The summed E-state index contributed by atoms with van der Waals surface area (Å²) in [6, 6.07) is 35.7. The van der Waals surface area contributed by atoms with E-state index in [9.17, 15) is 0 Å². The zero-order valence-electron chi connectivity index (χ0n) is 24.9. The lowest BCUT2D eigenvalue weighted by Crippen LogP contribution is -2.30. The third-order valence-corrected chi connectivity index (χ3v) is 8.82. The summed E-state index contributed by atoms with van der Waals surface area (Å²) >= 11 is 0. The van der Waals surface area contributed by atoms with Crippen molar-refractivity contribution in [3.05, 3.63) is 168 Å².